The van der Waals surface area contributed by atoms with Crippen molar-refractivity contribution >= 4 is 11.6 Å². The van der Waals surface area contributed by atoms with E-state index in [0.717, 1.165) is 5.56 Å². The SMILES string of the molecule is CN(C(=O)c1ccc(CN)cc1)c1cccc(C#N)c1. The first-order valence-corrected chi connectivity index (χ1v) is 6.23. The Morgan fingerprint density at radius 1 is 1.25 bits per heavy atom. The molecule has 0 unspecified atom stereocenters. The van der Waals surface area contributed by atoms with E-state index in [-0.39, 0.29) is 5.91 Å². The Morgan fingerprint density at radius 3 is 2.55 bits per heavy atom. The fourth-order valence-corrected chi connectivity index (χ4v) is 1.88. The van der Waals surface area contributed by atoms with Gasteiger partial charge in [0, 0.05) is 24.8 Å². The number of nitriles is 1. The second-order valence-electron chi connectivity index (χ2n) is 4.43. The zero-order valence-corrected chi connectivity index (χ0v) is 11.2. The van der Waals surface area contributed by atoms with Crippen molar-refractivity contribution in [2.24, 2.45) is 5.73 Å². The van der Waals surface area contributed by atoms with Gasteiger partial charge in [0.15, 0.2) is 0 Å². The van der Waals surface area contributed by atoms with Crippen molar-refractivity contribution in [1.29, 1.82) is 5.26 Å². The monoisotopic (exact) mass is 265 g/mol. The van der Waals surface area contributed by atoms with Crippen LogP contribution in [0.2, 0.25) is 0 Å². The number of carbonyl (C=O) groups excluding carboxylic acids is 1. The summed E-state index contributed by atoms with van der Waals surface area (Å²) in [6.07, 6.45) is 0. The summed E-state index contributed by atoms with van der Waals surface area (Å²) in [6.45, 7) is 0.453. The van der Waals surface area contributed by atoms with Crippen LogP contribution in [0.3, 0.4) is 0 Å². The Morgan fingerprint density at radius 2 is 1.95 bits per heavy atom. The summed E-state index contributed by atoms with van der Waals surface area (Å²) >= 11 is 0. The molecule has 4 heteroatoms. The lowest BCUT2D eigenvalue weighted by Crippen LogP contribution is -2.26. The molecule has 0 spiro atoms. The Balaban J connectivity index is 2.25. The van der Waals surface area contributed by atoms with Gasteiger partial charge in [-0.2, -0.15) is 5.26 Å². The molecule has 2 N–H and O–H groups in total. The average Bonchev–Trinajstić information content (AvgIpc) is 2.53. The summed E-state index contributed by atoms with van der Waals surface area (Å²) < 4.78 is 0. The van der Waals surface area contributed by atoms with Crippen molar-refractivity contribution in [3.8, 4) is 6.07 Å². The molecule has 0 saturated heterocycles. The van der Waals surface area contributed by atoms with Gasteiger partial charge in [0.2, 0.25) is 0 Å². The summed E-state index contributed by atoms with van der Waals surface area (Å²) in [7, 11) is 1.69. The smallest absolute Gasteiger partial charge is 0.258 e. The molecule has 0 radical (unpaired) electrons. The zero-order chi connectivity index (χ0) is 14.5. The van der Waals surface area contributed by atoms with Gasteiger partial charge >= 0.3 is 0 Å². The van der Waals surface area contributed by atoms with Crippen molar-refractivity contribution in [3.05, 3.63) is 65.2 Å². The van der Waals surface area contributed by atoms with Gasteiger partial charge in [0.05, 0.1) is 11.6 Å². The fourth-order valence-electron chi connectivity index (χ4n) is 1.88. The minimum atomic E-state index is -0.122. The second-order valence-corrected chi connectivity index (χ2v) is 4.43. The van der Waals surface area contributed by atoms with E-state index >= 15 is 0 Å². The Bertz CT molecular complexity index is 656. The number of anilines is 1. The van der Waals surface area contributed by atoms with Crippen molar-refractivity contribution < 1.29 is 4.79 Å². The van der Waals surface area contributed by atoms with E-state index in [1.54, 1.807) is 43.4 Å². The number of rotatable bonds is 3. The number of hydrogen-bond donors (Lipinski definition) is 1. The molecular formula is C16H15N3O. The summed E-state index contributed by atoms with van der Waals surface area (Å²) in [5.41, 5.74) is 8.32. The van der Waals surface area contributed by atoms with Crippen molar-refractivity contribution in [1.82, 2.24) is 0 Å². The van der Waals surface area contributed by atoms with Crippen molar-refractivity contribution in [2.75, 3.05) is 11.9 Å². The molecule has 0 aliphatic heterocycles. The minimum Gasteiger partial charge on any atom is -0.326 e. The first-order valence-electron chi connectivity index (χ1n) is 6.23. The van der Waals surface area contributed by atoms with Crippen LogP contribution in [0.25, 0.3) is 0 Å². The van der Waals surface area contributed by atoms with E-state index in [0.29, 0.717) is 23.4 Å². The predicted molar refractivity (Wildman–Crippen MR) is 78.2 cm³/mol. The van der Waals surface area contributed by atoms with Gasteiger partial charge in [-0.25, -0.2) is 0 Å². The van der Waals surface area contributed by atoms with Crippen LogP contribution in [0.4, 0.5) is 5.69 Å². The number of carbonyl (C=O) groups is 1. The van der Waals surface area contributed by atoms with Gasteiger partial charge in [-0.05, 0) is 35.9 Å². The van der Waals surface area contributed by atoms with Gasteiger partial charge < -0.3 is 10.6 Å². The highest BCUT2D eigenvalue weighted by Gasteiger charge is 2.13. The van der Waals surface area contributed by atoms with Crippen molar-refractivity contribution in [2.45, 2.75) is 6.54 Å². The number of nitrogens with zero attached hydrogens (tertiary/aromatic N) is 2. The third-order valence-corrected chi connectivity index (χ3v) is 3.10. The topological polar surface area (TPSA) is 70.1 Å². The molecule has 4 nitrogen and oxygen atoms in total. The van der Waals surface area contributed by atoms with E-state index in [9.17, 15) is 4.79 Å². The number of nitrogens with two attached hydrogens (primary N) is 1. The molecular weight excluding hydrogens is 250 g/mol. The molecule has 2 aromatic rings. The Labute approximate surface area is 118 Å². The highest BCUT2D eigenvalue weighted by Crippen LogP contribution is 2.17. The maximum Gasteiger partial charge on any atom is 0.258 e. The molecule has 2 aromatic carbocycles. The molecule has 0 aliphatic carbocycles. The van der Waals surface area contributed by atoms with Crippen LogP contribution in [0.5, 0.6) is 0 Å². The van der Waals surface area contributed by atoms with Gasteiger partial charge in [-0.3, -0.25) is 4.79 Å². The third-order valence-electron chi connectivity index (χ3n) is 3.10. The summed E-state index contributed by atoms with van der Waals surface area (Å²) in [5.74, 6) is -0.122. The van der Waals surface area contributed by atoms with Crippen LogP contribution in [-0.2, 0) is 6.54 Å². The van der Waals surface area contributed by atoms with Crippen LogP contribution in [0, 0.1) is 11.3 Å². The number of amides is 1. The van der Waals surface area contributed by atoms with E-state index in [1.165, 1.54) is 4.90 Å². The summed E-state index contributed by atoms with van der Waals surface area (Å²) in [5, 5.41) is 8.89. The molecule has 2 rings (SSSR count). The molecule has 0 atom stereocenters. The van der Waals surface area contributed by atoms with Crippen LogP contribution in [0.15, 0.2) is 48.5 Å². The van der Waals surface area contributed by atoms with E-state index < -0.39 is 0 Å². The molecule has 0 fully saturated rings. The highest BCUT2D eigenvalue weighted by atomic mass is 16.2. The maximum absolute atomic E-state index is 12.4. The zero-order valence-electron chi connectivity index (χ0n) is 11.2. The van der Waals surface area contributed by atoms with Gasteiger partial charge in [-0.1, -0.05) is 18.2 Å². The van der Waals surface area contributed by atoms with Gasteiger partial charge in [-0.15, -0.1) is 0 Å². The molecule has 0 saturated carbocycles. The molecule has 1 amide bonds. The predicted octanol–water partition coefficient (Wildman–Crippen LogP) is 2.29. The van der Waals surface area contributed by atoms with Crippen LogP contribution in [-0.4, -0.2) is 13.0 Å². The molecule has 0 aliphatic rings. The average molecular weight is 265 g/mol. The second kappa shape index (κ2) is 6.00. The first kappa shape index (κ1) is 13.8. The lowest BCUT2D eigenvalue weighted by atomic mass is 10.1. The normalized spacial score (nSPS) is 9.85. The van der Waals surface area contributed by atoms with E-state index in [4.69, 9.17) is 11.0 Å². The standard InChI is InChI=1S/C16H15N3O/c1-19(15-4-2-3-13(9-15)11-18)16(20)14-7-5-12(10-17)6-8-14/h2-9H,10,17H2,1H3. The Hall–Kier alpha value is -2.64. The molecule has 20 heavy (non-hydrogen) atoms. The first-order chi connectivity index (χ1) is 9.65. The van der Waals surface area contributed by atoms with E-state index in [1.807, 2.05) is 12.1 Å². The van der Waals surface area contributed by atoms with E-state index in [2.05, 4.69) is 6.07 Å². The molecule has 0 aromatic heterocycles. The molecule has 0 bridgehead atoms. The number of benzene rings is 2. The summed E-state index contributed by atoms with van der Waals surface area (Å²) in [4.78, 5) is 13.9. The van der Waals surface area contributed by atoms with Crippen molar-refractivity contribution in [3.63, 3.8) is 0 Å². The highest BCUT2D eigenvalue weighted by molar-refractivity contribution is 6.05. The quantitative estimate of drug-likeness (QED) is 0.925. The van der Waals surface area contributed by atoms with Crippen LogP contribution >= 0.6 is 0 Å². The maximum atomic E-state index is 12.4. The lowest BCUT2D eigenvalue weighted by molar-refractivity contribution is 0.0993. The lowest BCUT2D eigenvalue weighted by Gasteiger charge is -2.17. The Kier molecular flexibility index (Phi) is 4.14. The van der Waals surface area contributed by atoms with Gasteiger partial charge in [0.1, 0.15) is 0 Å². The largest absolute Gasteiger partial charge is 0.326 e. The summed E-state index contributed by atoms with van der Waals surface area (Å²) in [6, 6.07) is 16.2. The molecule has 100 valence electrons. The number of hydrogen-bond acceptors (Lipinski definition) is 3. The fraction of sp³-hybridized carbons (Fsp3) is 0.125. The van der Waals surface area contributed by atoms with Gasteiger partial charge in [0.25, 0.3) is 5.91 Å². The van der Waals surface area contributed by atoms with Crippen LogP contribution in [0.1, 0.15) is 21.5 Å². The molecule has 0 heterocycles. The van der Waals surface area contributed by atoms with Crippen LogP contribution < -0.4 is 10.6 Å². The third kappa shape index (κ3) is 2.85. The minimum absolute atomic E-state index is 0.122.